The fourth-order valence-corrected chi connectivity index (χ4v) is 7.15. The molecule has 4 bridgehead atoms. The Balaban J connectivity index is 1.36. The minimum absolute atomic E-state index is 0.00996. The monoisotopic (exact) mass is 441 g/mol. The zero-order valence-electron chi connectivity index (χ0n) is 18.1. The summed E-state index contributed by atoms with van der Waals surface area (Å²) in [6.07, 6.45) is 6.94. The fourth-order valence-electron chi connectivity index (χ4n) is 7.15. The molecule has 1 amide bonds. The molecule has 4 N–H and O–H groups in total. The van der Waals surface area contributed by atoms with Crippen LogP contribution in [0.15, 0.2) is 24.3 Å². The number of aromatic carboxylic acids is 1. The summed E-state index contributed by atoms with van der Waals surface area (Å²) in [5, 5.41) is 31.7. The van der Waals surface area contributed by atoms with Crippen LogP contribution >= 0.6 is 0 Å². The molecule has 8 nitrogen and oxygen atoms in total. The molecule has 1 aromatic rings. The molecular formula is C24H27NO7. The molecule has 170 valence electrons. The minimum atomic E-state index is -1.38. The Labute approximate surface area is 185 Å². The van der Waals surface area contributed by atoms with Crippen LogP contribution in [0, 0.1) is 22.7 Å². The lowest BCUT2D eigenvalue weighted by Crippen LogP contribution is -2.55. The lowest BCUT2D eigenvalue weighted by Gasteiger charge is -2.54. The summed E-state index contributed by atoms with van der Waals surface area (Å²) in [4.78, 5) is 37.0. The average molecular weight is 441 g/mol. The van der Waals surface area contributed by atoms with Crippen molar-refractivity contribution >= 4 is 23.3 Å². The van der Waals surface area contributed by atoms with Gasteiger partial charge in [-0.25, -0.2) is 4.79 Å². The molecule has 2 saturated heterocycles. The highest BCUT2D eigenvalue weighted by molar-refractivity contribution is 6.00. The van der Waals surface area contributed by atoms with E-state index in [1.54, 1.807) is 6.08 Å². The Hall–Kier alpha value is -2.87. The Morgan fingerprint density at radius 3 is 2.69 bits per heavy atom. The van der Waals surface area contributed by atoms with Gasteiger partial charge < -0.3 is 25.4 Å². The lowest BCUT2D eigenvalue weighted by molar-refractivity contribution is -0.169. The number of benzene rings is 1. The summed E-state index contributed by atoms with van der Waals surface area (Å²) in [6.45, 7) is 4.06. The maximum absolute atomic E-state index is 13.1. The molecule has 1 spiro atoms. The molecular weight excluding hydrogens is 414 g/mol. The van der Waals surface area contributed by atoms with Crippen molar-refractivity contribution in [1.29, 1.82) is 0 Å². The number of carboxylic acids is 1. The molecule has 3 aliphatic carbocycles. The molecule has 8 heteroatoms. The van der Waals surface area contributed by atoms with E-state index >= 15 is 0 Å². The van der Waals surface area contributed by atoms with Crippen molar-refractivity contribution in [3.63, 3.8) is 0 Å². The van der Waals surface area contributed by atoms with Crippen LogP contribution in [0.2, 0.25) is 0 Å². The lowest BCUT2D eigenvalue weighted by atomic mass is 9.53. The number of rotatable bonds is 5. The van der Waals surface area contributed by atoms with E-state index in [-0.39, 0.29) is 47.4 Å². The number of amides is 1. The van der Waals surface area contributed by atoms with Gasteiger partial charge in [0, 0.05) is 17.8 Å². The summed E-state index contributed by atoms with van der Waals surface area (Å²) < 4.78 is 6.41. The second-order valence-corrected chi connectivity index (χ2v) is 10.4. The normalized spacial score (nSPS) is 38.7. The second kappa shape index (κ2) is 6.57. The number of carbonyl (C=O) groups excluding carboxylic acids is 2. The van der Waals surface area contributed by atoms with Gasteiger partial charge in [-0.3, -0.25) is 9.59 Å². The van der Waals surface area contributed by atoms with Crippen LogP contribution in [-0.2, 0) is 14.3 Å². The number of phenolic OH excluding ortho intramolecular Hbond substituents is 1. The Bertz CT molecular complexity index is 1080. The maximum Gasteiger partial charge on any atom is 0.339 e. The second-order valence-electron chi connectivity index (χ2n) is 10.4. The van der Waals surface area contributed by atoms with Gasteiger partial charge in [-0.15, -0.1) is 0 Å². The number of allylic oxidation sites excluding steroid dienone is 2. The Kier molecular flexibility index (Phi) is 4.31. The molecule has 2 aliphatic heterocycles. The summed E-state index contributed by atoms with van der Waals surface area (Å²) in [5.41, 5.74) is -1.75. The number of hydrogen-bond donors (Lipinski definition) is 4. The number of nitrogens with one attached hydrogen (secondary N) is 1. The van der Waals surface area contributed by atoms with Crippen LogP contribution in [0.3, 0.4) is 0 Å². The molecule has 6 atom stereocenters. The smallest absolute Gasteiger partial charge is 0.339 e. The average Bonchev–Trinajstić information content (AvgIpc) is 3.08. The van der Waals surface area contributed by atoms with Gasteiger partial charge in [-0.2, -0.15) is 0 Å². The largest absolute Gasteiger partial charge is 0.506 e. The zero-order valence-corrected chi connectivity index (χ0v) is 18.1. The number of anilines is 1. The van der Waals surface area contributed by atoms with Gasteiger partial charge in [0.1, 0.15) is 17.0 Å². The van der Waals surface area contributed by atoms with Gasteiger partial charge in [0.2, 0.25) is 5.91 Å². The van der Waals surface area contributed by atoms with Crippen molar-refractivity contribution in [2.24, 2.45) is 22.7 Å². The maximum atomic E-state index is 13.1. The van der Waals surface area contributed by atoms with Crippen molar-refractivity contribution in [2.75, 3.05) is 5.32 Å². The standard InChI is InChI=1S/C24H27NO7/c1-22-9-12-10-24(11-22)8-5-15(27)23(2,20(24)19(12)32-22)7-6-16(28)25-17-14(26)4-3-13(18(17)29)21(30)31/h3-5,8,12,19-20,26,29H,6-7,9-11H2,1-2H3,(H,25,28)(H,30,31)/t12?,19?,20?,22?,23-,24?/m1/s1. The van der Waals surface area contributed by atoms with Gasteiger partial charge in [0.15, 0.2) is 11.5 Å². The highest BCUT2D eigenvalue weighted by Gasteiger charge is 2.71. The number of carboxylic acid groups (broad SMARTS) is 1. The molecule has 6 rings (SSSR count). The third-order valence-corrected chi connectivity index (χ3v) is 8.21. The van der Waals surface area contributed by atoms with Gasteiger partial charge >= 0.3 is 5.97 Å². The number of phenols is 2. The van der Waals surface area contributed by atoms with Gasteiger partial charge in [0.05, 0.1) is 11.7 Å². The Morgan fingerprint density at radius 1 is 1.22 bits per heavy atom. The number of hydrogen-bond acceptors (Lipinski definition) is 6. The summed E-state index contributed by atoms with van der Waals surface area (Å²) in [7, 11) is 0. The van der Waals surface area contributed by atoms with E-state index in [1.807, 2.05) is 6.92 Å². The highest BCUT2D eigenvalue weighted by atomic mass is 16.5. The third-order valence-electron chi connectivity index (χ3n) is 8.21. The third kappa shape index (κ3) is 2.81. The first-order valence-electron chi connectivity index (χ1n) is 11.0. The fraction of sp³-hybridized carbons (Fsp3) is 0.542. The van der Waals surface area contributed by atoms with Crippen molar-refractivity contribution < 1.29 is 34.4 Å². The van der Waals surface area contributed by atoms with Crippen molar-refractivity contribution in [2.45, 2.75) is 57.7 Å². The number of ketones is 1. The number of carbonyl (C=O) groups is 3. The molecule has 32 heavy (non-hydrogen) atoms. The first-order valence-corrected chi connectivity index (χ1v) is 11.0. The molecule has 0 aromatic heterocycles. The number of aromatic hydroxyl groups is 2. The van der Waals surface area contributed by atoms with Crippen LogP contribution in [0.4, 0.5) is 5.69 Å². The van der Waals surface area contributed by atoms with Gasteiger partial charge in [-0.1, -0.05) is 13.0 Å². The van der Waals surface area contributed by atoms with E-state index in [2.05, 4.69) is 18.3 Å². The minimum Gasteiger partial charge on any atom is -0.506 e. The molecule has 5 aliphatic rings. The van der Waals surface area contributed by atoms with Crippen molar-refractivity contribution in [3.05, 3.63) is 29.8 Å². The topological polar surface area (TPSA) is 133 Å². The molecule has 2 saturated carbocycles. The quantitative estimate of drug-likeness (QED) is 0.516. The molecule has 5 unspecified atom stereocenters. The Morgan fingerprint density at radius 2 is 1.97 bits per heavy atom. The zero-order chi connectivity index (χ0) is 23.1. The molecule has 1 aromatic carbocycles. The van der Waals surface area contributed by atoms with Crippen LogP contribution in [0.5, 0.6) is 11.5 Å². The van der Waals surface area contributed by atoms with E-state index in [9.17, 15) is 24.6 Å². The molecule has 0 radical (unpaired) electrons. The molecule has 4 fully saturated rings. The van der Waals surface area contributed by atoms with E-state index in [0.29, 0.717) is 5.92 Å². The molecule has 2 heterocycles. The summed E-state index contributed by atoms with van der Waals surface area (Å²) >= 11 is 0. The van der Waals surface area contributed by atoms with Gasteiger partial charge in [-0.05, 0) is 62.1 Å². The first kappa shape index (κ1) is 21.0. The first-order chi connectivity index (χ1) is 15.0. The van der Waals surface area contributed by atoms with Crippen LogP contribution in [0.25, 0.3) is 0 Å². The summed E-state index contributed by atoms with van der Waals surface area (Å²) in [6, 6.07) is 2.16. The van der Waals surface area contributed by atoms with E-state index in [0.717, 1.165) is 31.4 Å². The van der Waals surface area contributed by atoms with Crippen molar-refractivity contribution in [1.82, 2.24) is 0 Å². The van der Waals surface area contributed by atoms with E-state index in [4.69, 9.17) is 9.84 Å². The highest BCUT2D eigenvalue weighted by Crippen LogP contribution is 2.71. The SMILES string of the molecule is CC12CC3CC4(C=CC(=O)[C@@](C)(CCC(=O)Nc5c(O)ccc(C(=O)O)c5O)C4C3O1)C2. The summed E-state index contributed by atoms with van der Waals surface area (Å²) in [5.74, 6) is -2.61. The van der Waals surface area contributed by atoms with Crippen LogP contribution < -0.4 is 5.32 Å². The van der Waals surface area contributed by atoms with Crippen molar-refractivity contribution in [3.8, 4) is 11.5 Å². The van der Waals surface area contributed by atoms with Gasteiger partial charge in [0.25, 0.3) is 0 Å². The van der Waals surface area contributed by atoms with E-state index < -0.39 is 34.4 Å². The number of ether oxygens (including phenoxy) is 1. The van der Waals surface area contributed by atoms with E-state index in [1.165, 1.54) is 0 Å². The van der Waals surface area contributed by atoms with Crippen LogP contribution in [0.1, 0.15) is 56.3 Å². The predicted octanol–water partition coefficient (Wildman–Crippen LogP) is 3.23. The predicted molar refractivity (Wildman–Crippen MR) is 113 cm³/mol. The van der Waals surface area contributed by atoms with Crippen LogP contribution in [-0.4, -0.2) is 44.7 Å².